The second kappa shape index (κ2) is 11.7. The van der Waals surface area contributed by atoms with Gasteiger partial charge in [-0.05, 0) is 47.9 Å². The van der Waals surface area contributed by atoms with Crippen LogP contribution in [0.25, 0.3) is 0 Å². The van der Waals surface area contributed by atoms with Crippen LogP contribution in [0.15, 0.2) is 72.8 Å². The SMILES string of the molecule is O=C(NCCc1ccc(Cl)cc1)c1ccc(Cl)cc1N(c1nsnc1Cc1ccccc1)S(=O)[O-]. The van der Waals surface area contributed by atoms with E-state index in [1.807, 2.05) is 42.5 Å². The van der Waals surface area contributed by atoms with Crippen LogP contribution >= 0.6 is 34.9 Å². The van der Waals surface area contributed by atoms with Gasteiger partial charge in [0.05, 0.1) is 34.2 Å². The van der Waals surface area contributed by atoms with Crippen molar-refractivity contribution in [2.24, 2.45) is 0 Å². The first-order valence-electron chi connectivity index (χ1n) is 10.5. The highest BCUT2D eigenvalue weighted by Crippen LogP contribution is 2.34. The van der Waals surface area contributed by atoms with Crippen molar-refractivity contribution in [1.29, 1.82) is 0 Å². The van der Waals surface area contributed by atoms with Crippen LogP contribution in [-0.4, -0.2) is 30.0 Å². The lowest BCUT2D eigenvalue weighted by Crippen LogP contribution is -2.29. The maximum Gasteiger partial charge on any atom is 0.253 e. The zero-order valence-electron chi connectivity index (χ0n) is 18.2. The van der Waals surface area contributed by atoms with Crippen molar-refractivity contribution in [2.75, 3.05) is 10.8 Å². The predicted octanol–water partition coefficient (Wildman–Crippen LogP) is 5.34. The van der Waals surface area contributed by atoms with E-state index < -0.39 is 17.2 Å². The third-order valence-electron chi connectivity index (χ3n) is 5.13. The summed E-state index contributed by atoms with van der Waals surface area (Å²) < 4.78 is 34.3. The van der Waals surface area contributed by atoms with E-state index in [4.69, 9.17) is 23.2 Å². The van der Waals surface area contributed by atoms with Gasteiger partial charge < -0.3 is 9.87 Å². The van der Waals surface area contributed by atoms with Crippen LogP contribution in [0, 0.1) is 0 Å². The van der Waals surface area contributed by atoms with Crippen molar-refractivity contribution < 1.29 is 13.6 Å². The van der Waals surface area contributed by atoms with Gasteiger partial charge in [0.2, 0.25) is 0 Å². The Morgan fingerprint density at radius 2 is 1.69 bits per heavy atom. The average Bonchev–Trinajstić information content (AvgIpc) is 3.28. The van der Waals surface area contributed by atoms with E-state index in [0.29, 0.717) is 30.1 Å². The first-order valence-corrected chi connectivity index (χ1v) is 13.0. The van der Waals surface area contributed by atoms with Crippen LogP contribution in [0.5, 0.6) is 0 Å². The fourth-order valence-electron chi connectivity index (χ4n) is 3.45. The highest BCUT2D eigenvalue weighted by atomic mass is 35.5. The fourth-order valence-corrected chi connectivity index (χ4v) is 4.95. The number of nitrogens with zero attached hydrogens (tertiary/aromatic N) is 3. The Morgan fingerprint density at radius 1 is 0.971 bits per heavy atom. The van der Waals surface area contributed by atoms with Crippen molar-refractivity contribution in [1.82, 2.24) is 14.1 Å². The predicted molar refractivity (Wildman–Crippen MR) is 139 cm³/mol. The summed E-state index contributed by atoms with van der Waals surface area (Å²) in [6.45, 7) is 0.348. The summed E-state index contributed by atoms with van der Waals surface area (Å²) in [6, 6.07) is 21.3. The Morgan fingerprint density at radius 3 is 2.40 bits per heavy atom. The Hall–Kier alpha value is -2.82. The molecule has 1 heterocycles. The number of amides is 1. The van der Waals surface area contributed by atoms with Gasteiger partial charge in [-0.15, -0.1) is 0 Å². The lowest BCUT2D eigenvalue weighted by Gasteiger charge is -2.27. The van der Waals surface area contributed by atoms with Crippen LogP contribution < -0.4 is 9.62 Å². The number of halogens is 2. The second-order valence-electron chi connectivity index (χ2n) is 7.50. The maximum atomic E-state index is 13.1. The summed E-state index contributed by atoms with van der Waals surface area (Å²) in [5.41, 5.74) is 2.67. The molecule has 0 fully saturated rings. The maximum absolute atomic E-state index is 13.1. The fraction of sp³-hybridized carbons (Fsp3) is 0.125. The molecule has 4 rings (SSSR count). The normalized spacial score (nSPS) is 11.7. The smallest absolute Gasteiger partial charge is 0.253 e. The molecule has 1 N–H and O–H groups in total. The van der Waals surface area contributed by atoms with Crippen LogP contribution in [0.2, 0.25) is 10.0 Å². The van der Waals surface area contributed by atoms with Crippen LogP contribution in [-0.2, 0) is 24.1 Å². The molecule has 7 nitrogen and oxygen atoms in total. The van der Waals surface area contributed by atoms with Gasteiger partial charge in [0.1, 0.15) is 5.69 Å². The van der Waals surface area contributed by atoms with E-state index in [1.165, 1.54) is 18.2 Å². The van der Waals surface area contributed by atoms with Gasteiger partial charge in [0, 0.05) is 23.0 Å². The van der Waals surface area contributed by atoms with Gasteiger partial charge in [-0.1, -0.05) is 65.7 Å². The number of carbonyl (C=O) groups excluding carboxylic acids is 1. The van der Waals surface area contributed by atoms with Crippen LogP contribution in [0.4, 0.5) is 11.5 Å². The standard InChI is InChI=1S/C24H20Cl2N4O3S2/c25-18-8-6-16(7-9-18)12-13-27-24(31)20-11-10-19(26)15-22(20)30(35(32)33)23-21(28-34-29-23)14-17-4-2-1-3-5-17/h1-11,15H,12-14H2,(H,27,31)(H,32,33)/p-1. The van der Waals surface area contributed by atoms with Gasteiger partial charge in [0.25, 0.3) is 5.91 Å². The van der Waals surface area contributed by atoms with Gasteiger partial charge >= 0.3 is 0 Å². The van der Waals surface area contributed by atoms with E-state index in [-0.39, 0.29) is 22.1 Å². The number of aromatic nitrogens is 2. The van der Waals surface area contributed by atoms with E-state index in [2.05, 4.69) is 14.1 Å². The van der Waals surface area contributed by atoms with Gasteiger partial charge in [-0.3, -0.25) is 13.3 Å². The third kappa shape index (κ3) is 6.45. The molecule has 0 aliphatic heterocycles. The first-order chi connectivity index (χ1) is 16.9. The van der Waals surface area contributed by atoms with Crippen molar-refractivity contribution >= 4 is 63.6 Å². The van der Waals surface area contributed by atoms with Crippen molar-refractivity contribution in [3.05, 3.63) is 105 Å². The van der Waals surface area contributed by atoms with Crippen LogP contribution in [0.1, 0.15) is 27.2 Å². The summed E-state index contributed by atoms with van der Waals surface area (Å²) in [5, 5.41) is 3.75. The third-order valence-corrected chi connectivity index (χ3v) is 6.84. The second-order valence-corrected chi connectivity index (χ2v) is 9.70. The number of hydrogen-bond acceptors (Lipinski definition) is 6. The lowest BCUT2D eigenvalue weighted by molar-refractivity contribution is 0.0955. The van der Waals surface area contributed by atoms with E-state index in [0.717, 1.165) is 27.2 Å². The summed E-state index contributed by atoms with van der Waals surface area (Å²) >= 11 is 10.2. The van der Waals surface area contributed by atoms with Crippen LogP contribution in [0.3, 0.4) is 0 Å². The molecule has 0 saturated heterocycles. The molecule has 35 heavy (non-hydrogen) atoms. The molecule has 4 aromatic rings. The van der Waals surface area contributed by atoms with Crippen molar-refractivity contribution in [2.45, 2.75) is 12.8 Å². The number of nitrogens with one attached hydrogen (secondary N) is 1. The molecule has 1 unspecified atom stereocenters. The van der Waals surface area contributed by atoms with Gasteiger partial charge in [-0.25, -0.2) is 0 Å². The quantitative estimate of drug-likeness (QED) is 0.286. The lowest BCUT2D eigenvalue weighted by atomic mass is 10.1. The molecule has 0 aliphatic rings. The van der Waals surface area contributed by atoms with Crippen molar-refractivity contribution in [3.8, 4) is 0 Å². The molecular weight excluding hydrogens is 527 g/mol. The average molecular weight is 546 g/mol. The van der Waals surface area contributed by atoms with E-state index in [9.17, 15) is 13.6 Å². The van der Waals surface area contributed by atoms with E-state index >= 15 is 0 Å². The molecule has 0 saturated carbocycles. The number of anilines is 2. The minimum absolute atomic E-state index is 0.0943. The first kappa shape index (κ1) is 25.3. The molecule has 3 aromatic carbocycles. The number of benzene rings is 3. The van der Waals surface area contributed by atoms with E-state index in [1.54, 1.807) is 12.1 Å². The topological polar surface area (TPSA) is 98.2 Å². The molecule has 1 atom stereocenters. The summed E-state index contributed by atoms with van der Waals surface area (Å²) in [5.74, 6) is -0.307. The summed E-state index contributed by atoms with van der Waals surface area (Å²) in [7, 11) is 0. The Labute approximate surface area is 219 Å². The molecule has 11 heteroatoms. The summed E-state index contributed by atoms with van der Waals surface area (Å²) in [4.78, 5) is 13.1. The molecule has 1 aromatic heterocycles. The Balaban J connectivity index is 1.60. The molecule has 0 aliphatic carbocycles. The minimum atomic E-state index is -2.79. The minimum Gasteiger partial charge on any atom is -0.755 e. The molecule has 1 amide bonds. The number of carbonyl (C=O) groups is 1. The molecule has 0 spiro atoms. The highest BCUT2D eigenvalue weighted by Gasteiger charge is 2.24. The zero-order valence-corrected chi connectivity index (χ0v) is 21.3. The van der Waals surface area contributed by atoms with Gasteiger partial charge in [-0.2, -0.15) is 8.75 Å². The summed E-state index contributed by atoms with van der Waals surface area (Å²) in [6.07, 6.45) is 0.962. The molecular formula is C24H19Cl2N4O3S2-. The highest BCUT2D eigenvalue weighted by molar-refractivity contribution is 7.81. The van der Waals surface area contributed by atoms with Gasteiger partial charge in [0.15, 0.2) is 5.82 Å². The molecule has 0 bridgehead atoms. The molecule has 0 radical (unpaired) electrons. The molecule has 180 valence electrons. The van der Waals surface area contributed by atoms with Crippen molar-refractivity contribution in [3.63, 3.8) is 0 Å². The Kier molecular flexibility index (Phi) is 8.48. The number of rotatable bonds is 9. The Bertz CT molecular complexity index is 1330. The zero-order chi connectivity index (χ0) is 24.8. The monoisotopic (exact) mass is 545 g/mol. The largest absolute Gasteiger partial charge is 0.755 e. The number of hydrogen-bond donors (Lipinski definition) is 1.